The topological polar surface area (TPSA) is 75.7 Å². The van der Waals surface area contributed by atoms with Crippen molar-refractivity contribution in [3.63, 3.8) is 0 Å². The molecule has 0 aliphatic rings. The molecule has 0 unspecified atom stereocenters. The summed E-state index contributed by atoms with van der Waals surface area (Å²) in [5.41, 5.74) is 2.14. The molecule has 8 heteroatoms. The summed E-state index contributed by atoms with van der Waals surface area (Å²) in [6.45, 7) is 0.199. The highest BCUT2D eigenvalue weighted by Crippen LogP contribution is 2.28. The molecule has 3 aromatic rings. The molecular weight excluding hydrogens is 424 g/mol. The van der Waals surface area contributed by atoms with E-state index in [9.17, 15) is 13.2 Å². The summed E-state index contributed by atoms with van der Waals surface area (Å²) in [6.07, 6.45) is 1.15. The maximum atomic E-state index is 12.6. The quantitative estimate of drug-likeness (QED) is 0.579. The van der Waals surface area contributed by atoms with Gasteiger partial charge in [0.05, 0.1) is 31.3 Å². The van der Waals surface area contributed by atoms with Crippen molar-refractivity contribution in [3.8, 4) is 5.75 Å². The number of ether oxygens (including phenoxy) is 1. The monoisotopic (exact) mass is 444 g/mol. The molecule has 0 saturated carbocycles. The SMILES string of the molecule is COc1ccc(Cl)cc1NC(=O)c1ccc(N(Cc2ccccc2)S(C)(=O)=O)cc1. The predicted molar refractivity (Wildman–Crippen MR) is 120 cm³/mol. The highest BCUT2D eigenvalue weighted by atomic mass is 35.5. The Hall–Kier alpha value is -3.03. The molecule has 3 rings (SSSR count). The van der Waals surface area contributed by atoms with Crippen LogP contribution in [0.5, 0.6) is 5.75 Å². The molecule has 30 heavy (non-hydrogen) atoms. The van der Waals surface area contributed by atoms with Gasteiger partial charge in [0.15, 0.2) is 0 Å². The number of rotatable bonds is 7. The van der Waals surface area contributed by atoms with E-state index in [0.29, 0.717) is 27.7 Å². The number of carbonyl (C=O) groups excluding carboxylic acids is 1. The van der Waals surface area contributed by atoms with Crippen molar-refractivity contribution < 1.29 is 17.9 Å². The fraction of sp³-hybridized carbons (Fsp3) is 0.136. The third-order valence-electron chi connectivity index (χ3n) is 4.40. The number of hydrogen-bond donors (Lipinski definition) is 1. The van der Waals surface area contributed by atoms with Crippen LogP contribution in [0.2, 0.25) is 5.02 Å². The summed E-state index contributed by atoms with van der Waals surface area (Å²) in [5, 5.41) is 3.22. The summed E-state index contributed by atoms with van der Waals surface area (Å²) in [6, 6.07) is 20.6. The van der Waals surface area contributed by atoms with E-state index in [2.05, 4.69) is 5.32 Å². The van der Waals surface area contributed by atoms with Gasteiger partial charge in [-0.15, -0.1) is 0 Å². The molecular formula is C22H21ClN2O4S. The molecule has 156 valence electrons. The lowest BCUT2D eigenvalue weighted by molar-refractivity contribution is 0.102. The van der Waals surface area contributed by atoms with E-state index >= 15 is 0 Å². The fourth-order valence-corrected chi connectivity index (χ4v) is 3.96. The number of anilines is 2. The number of sulfonamides is 1. The average molecular weight is 445 g/mol. The molecule has 0 radical (unpaired) electrons. The van der Waals surface area contributed by atoms with Crippen molar-refractivity contribution in [1.82, 2.24) is 0 Å². The molecule has 1 N–H and O–H groups in total. The minimum Gasteiger partial charge on any atom is -0.495 e. The van der Waals surface area contributed by atoms with Gasteiger partial charge < -0.3 is 10.1 Å². The van der Waals surface area contributed by atoms with Crippen LogP contribution in [0.25, 0.3) is 0 Å². The van der Waals surface area contributed by atoms with Gasteiger partial charge >= 0.3 is 0 Å². The van der Waals surface area contributed by atoms with Crippen LogP contribution in [-0.2, 0) is 16.6 Å². The number of benzene rings is 3. The van der Waals surface area contributed by atoms with Crippen molar-refractivity contribution in [2.24, 2.45) is 0 Å². The smallest absolute Gasteiger partial charge is 0.255 e. The summed E-state index contributed by atoms with van der Waals surface area (Å²) < 4.78 is 31.2. The molecule has 0 heterocycles. The minimum absolute atomic E-state index is 0.199. The zero-order valence-electron chi connectivity index (χ0n) is 16.5. The molecule has 6 nitrogen and oxygen atoms in total. The van der Waals surface area contributed by atoms with Crippen LogP contribution >= 0.6 is 11.6 Å². The van der Waals surface area contributed by atoms with Gasteiger partial charge in [0.25, 0.3) is 5.91 Å². The van der Waals surface area contributed by atoms with Gasteiger partial charge in [-0.2, -0.15) is 0 Å². The zero-order chi connectivity index (χ0) is 21.7. The fourth-order valence-electron chi connectivity index (χ4n) is 2.90. The van der Waals surface area contributed by atoms with E-state index in [1.807, 2.05) is 30.3 Å². The molecule has 0 saturated heterocycles. The zero-order valence-corrected chi connectivity index (χ0v) is 18.1. The Morgan fingerprint density at radius 2 is 1.70 bits per heavy atom. The molecule has 0 bridgehead atoms. The summed E-state index contributed by atoms with van der Waals surface area (Å²) in [7, 11) is -2.01. The normalized spacial score (nSPS) is 11.0. The van der Waals surface area contributed by atoms with E-state index in [4.69, 9.17) is 16.3 Å². The maximum absolute atomic E-state index is 12.6. The van der Waals surface area contributed by atoms with Crippen LogP contribution in [0, 0.1) is 0 Å². The van der Waals surface area contributed by atoms with Gasteiger partial charge in [0, 0.05) is 10.6 Å². The molecule has 1 amide bonds. The summed E-state index contributed by atoms with van der Waals surface area (Å²) in [5.74, 6) is 0.117. The lowest BCUT2D eigenvalue weighted by Crippen LogP contribution is -2.29. The lowest BCUT2D eigenvalue weighted by atomic mass is 10.1. The summed E-state index contributed by atoms with van der Waals surface area (Å²) >= 11 is 6.00. The largest absolute Gasteiger partial charge is 0.495 e. The van der Waals surface area contributed by atoms with Crippen LogP contribution in [-0.4, -0.2) is 27.7 Å². The maximum Gasteiger partial charge on any atom is 0.255 e. The Morgan fingerprint density at radius 3 is 2.30 bits per heavy atom. The second-order valence-corrected chi connectivity index (χ2v) is 8.94. The number of halogens is 1. The average Bonchev–Trinajstić information content (AvgIpc) is 2.72. The van der Waals surface area contributed by atoms with Crippen LogP contribution < -0.4 is 14.4 Å². The first-order valence-corrected chi connectivity index (χ1v) is 11.3. The Balaban J connectivity index is 1.82. The molecule has 0 aliphatic carbocycles. The van der Waals surface area contributed by atoms with E-state index in [-0.39, 0.29) is 12.5 Å². The first kappa shape index (κ1) is 21.7. The number of nitrogens with one attached hydrogen (secondary N) is 1. The molecule has 0 aliphatic heterocycles. The van der Waals surface area contributed by atoms with Crippen molar-refractivity contribution in [2.45, 2.75) is 6.54 Å². The van der Waals surface area contributed by atoms with Crippen molar-refractivity contribution in [2.75, 3.05) is 23.0 Å². The lowest BCUT2D eigenvalue weighted by Gasteiger charge is -2.22. The first-order valence-electron chi connectivity index (χ1n) is 9.04. The Morgan fingerprint density at radius 1 is 1.03 bits per heavy atom. The second kappa shape index (κ2) is 9.19. The molecule has 0 aromatic heterocycles. The second-order valence-electron chi connectivity index (χ2n) is 6.60. The van der Waals surface area contributed by atoms with Gasteiger partial charge in [-0.05, 0) is 48.0 Å². The summed E-state index contributed by atoms with van der Waals surface area (Å²) in [4.78, 5) is 12.6. The van der Waals surface area contributed by atoms with Gasteiger partial charge in [-0.3, -0.25) is 9.10 Å². The van der Waals surface area contributed by atoms with E-state index in [1.165, 1.54) is 11.4 Å². The van der Waals surface area contributed by atoms with Crippen LogP contribution in [0.1, 0.15) is 15.9 Å². The molecule has 0 fully saturated rings. The van der Waals surface area contributed by atoms with Crippen molar-refractivity contribution in [1.29, 1.82) is 0 Å². The molecule has 0 atom stereocenters. The standard InChI is InChI=1S/C22H21ClN2O4S/c1-29-21-13-10-18(23)14-20(21)24-22(26)17-8-11-19(12-9-17)25(30(2,27)28)15-16-6-4-3-5-7-16/h3-14H,15H2,1-2H3,(H,24,26). The highest BCUT2D eigenvalue weighted by Gasteiger charge is 2.18. The van der Waals surface area contributed by atoms with Crippen molar-refractivity contribution >= 4 is 38.9 Å². The van der Waals surface area contributed by atoms with Crippen LogP contribution in [0.3, 0.4) is 0 Å². The number of hydrogen-bond acceptors (Lipinski definition) is 4. The third kappa shape index (κ3) is 5.31. The molecule has 0 spiro atoms. The first-order chi connectivity index (χ1) is 14.3. The predicted octanol–water partition coefficient (Wildman–Crippen LogP) is 4.57. The Kier molecular flexibility index (Phi) is 6.64. The van der Waals surface area contributed by atoms with Crippen LogP contribution in [0.15, 0.2) is 72.8 Å². The number of methoxy groups -OCH3 is 1. The third-order valence-corrected chi connectivity index (χ3v) is 5.77. The molecule has 3 aromatic carbocycles. The van der Waals surface area contributed by atoms with E-state index in [0.717, 1.165) is 11.8 Å². The van der Waals surface area contributed by atoms with Crippen molar-refractivity contribution in [3.05, 3.63) is 88.9 Å². The van der Waals surface area contributed by atoms with E-state index < -0.39 is 10.0 Å². The highest BCUT2D eigenvalue weighted by molar-refractivity contribution is 7.92. The Bertz CT molecular complexity index is 1130. The van der Waals surface area contributed by atoms with Gasteiger partial charge in [0.1, 0.15) is 5.75 Å². The minimum atomic E-state index is -3.51. The van der Waals surface area contributed by atoms with Gasteiger partial charge in [-0.1, -0.05) is 41.9 Å². The van der Waals surface area contributed by atoms with E-state index in [1.54, 1.807) is 42.5 Å². The van der Waals surface area contributed by atoms with Crippen LogP contribution in [0.4, 0.5) is 11.4 Å². The van der Waals surface area contributed by atoms with Gasteiger partial charge in [0.2, 0.25) is 10.0 Å². The number of carbonyl (C=O) groups is 1. The number of amides is 1. The van der Waals surface area contributed by atoms with Gasteiger partial charge in [-0.25, -0.2) is 8.42 Å². The Labute approximate surface area is 181 Å². The number of nitrogens with zero attached hydrogens (tertiary/aromatic N) is 1.